The van der Waals surface area contributed by atoms with Crippen molar-refractivity contribution in [3.05, 3.63) is 33.3 Å². The van der Waals surface area contributed by atoms with Gasteiger partial charge >= 0.3 is 0 Å². The second kappa shape index (κ2) is 7.40. The number of nitrogens with one attached hydrogen (secondary N) is 1. The van der Waals surface area contributed by atoms with Crippen molar-refractivity contribution in [2.45, 2.75) is 39.2 Å². The van der Waals surface area contributed by atoms with E-state index in [1.807, 2.05) is 19.2 Å². The fraction of sp³-hybridized carbons (Fsp3) is 0.571. The second-order valence-corrected chi connectivity index (χ2v) is 5.93. The van der Waals surface area contributed by atoms with Crippen molar-refractivity contribution < 1.29 is 0 Å². The molecule has 0 saturated heterocycles. The van der Waals surface area contributed by atoms with Crippen LogP contribution in [-0.2, 0) is 0 Å². The van der Waals surface area contributed by atoms with Crippen LogP contribution in [0.15, 0.2) is 22.7 Å². The average Bonchev–Trinajstić information content (AvgIpc) is 2.27. The SMILES string of the molecule is CCCC(C)CC(NC)c1ccc(Cl)cc1Br. The third-order valence-corrected chi connectivity index (χ3v) is 4.03. The Hall–Kier alpha value is -0.0500. The van der Waals surface area contributed by atoms with E-state index in [0.717, 1.165) is 21.8 Å². The molecule has 0 fully saturated rings. The first-order valence-electron chi connectivity index (χ1n) is 6.20. The molecule has 2 unspecified atom stereocenters. The summed E-state index contributed by atoms with van der Waals surface area (Å²) in [4.78, 5) is 0. The molecule has 96 valence electrons. The topological polar surface area (TPSA) is 12.0 Å². The van der Waals surface area contributed by atoms with E-state index in [-0.39, 0.29) is 0 Å². The molecule has 0 heterocycles. The Kier molecular flexibility index (Phi) is 6.53. The Bertz CT molecular complexity index is 354. The largest absolute Gasteiger partial charge is 0.313 e. The summed E-state index contributed by atoms with van der Waals surface area (Å²) in [5.41, 5.74) is 1.29. The van der Waals surface area contributed by atoms with Gasteiger partial charge in [-0.1, -0.05) is 60.3 Å². The van der Waals surface area contributed by atoms with Crippen LogP contribution in [0.25, 0.3) is 0 Å². The van der Waals surface area contributed by atoms with E-state index in [2.05, 4.69) is 41.2 Å². The summed E-state index contributed by atoms with van der Waals surface area (Å²) in [5, 5.41) is 4.17. The number of hydrogen-bond donors (Lipinski definition) is 1. The molecular weight excluding hydrogens is 298 g/mol. The van der Waals surface area contributed by atoms with Crippen LogP contribution in [0.5, 0.6) is 0 Å². The first kappa shape index (κ1) is 15.0. The lowest BCUT2D eigenvalue weighted by Gasteiger charge is -2.22. The van der Waals surface area contributed by atoms with Crippen LogP contribution in [0.2, 0.25) is 5.02 Å². The summed E-state index contributed by atoms with van der Waals surface area (Å²) in [7, 11) is 2.02. The summed E-state index contributed by atoms with van der Waals surface area (Å²) in [6.45, 7) is 4.56. The molecule has 1 rings (SSSR count). The van der Waals surface area contributed by atoms with Gasteiger partial charge in [-0.2, -0.15) is 0 Å². The lowest BCUT2D eigenvalue weighted by molar-refractivity contribution is 0.406. The zero-order valence-corrected chi connectivity index (χ0v) is 13.1. The second-order valence-electron chi connectivity index (χ2n) is 4.64. The number of rotatable bonds is 6. The van der Waals surface area contributed by atoms with Crippen LogP contribution in [0.3, 0.4) is 0 Å². The third-order valence-electron chi connectivity index (χ3n) is 3.11. The fourth-order valence-electron chi connectivity index (χ4n) is 2.20. The van der Waals surface area contributed by atoms with Crippen molar-refractivity contribution in [2.75, 3.05) is 7.05 Å². The van der Waals surface area contributed by atoms with Crippen molar-refractivity contribution in [1.29, 1.82) is 0 Å². The van der Waals surface area contributed by atoms with Gasteiger partial charge in [-0.15, -0.1) is 0 Å². The van der Waals surface area contributed by atoms with Gasteiger partial charge < -0.3 is 5.32 Å². The van der Waals surface area contributed by atoms with Gasteiger partial charge in [0, 0.05) is 15.5 Å². The van der Waals surface area contributed by atoms with Crippen molar-refractivity contribution in [2.24, 2.45) is 5.92 Å². The minimum absolute atomic E-state index is 0.392. The first-order valence-corrected chi connectivity index (χ1v) is 7.37. The van der Waals surface area contributed by atoms with Gasteiger partial charge in [-0.25, -0.2) is 0 Å². The zero-order valence-electron chi connectivity index (χ0n) is 10.8. The van der Waals surface area contributed by atoms with E-state index >= 15 is 0 Å². The Balaban J connectivity index is 2.79. The molecule has 1 N–H and O–H groups in total. The van der Waals surface area contributed by atoms with Crippen LogP contribution in [0.1, 0.15) is 44.7 Å². The molecule has 0 aliphatic heterocycles. The van der Waals surface area contributed by atoms with Gasteiger partial charge in [0.1, 0.15) is 0 Å². The predicted octanol–water partition coefficient (Wildman–Crippen LogP) is 5.19. The molecule has 17 heavy (non-hydrogen) atoms. The van der Waals surface area contributed by atoms with E-state index in [1.54, 1.807) is 0 Å². The lowest BCUT2D eigenvalue weighted by atomic mass is 9.93. The fourth-order valence-corrected chi connectivity index (χ4v) is 3.16. The summed E-state index contributed by atoms with van der Waals surface area (Å²) < 4.78 is 1.09. The zero-order chi connectivity index (χ0) is 12.8. The van der Waals surface area contributed by atoms with Crippen molar-refractivity contribution in [3.63, 3.8) is 0 Å². The Morgan fingerprint density at radius 3 is 2.65 bits per heavy atom. The molecule has 0 aliphatic rings. The minimum atomic E-state index is 0.392. The van der Waals surface area contributed by atoms with E-state index in [9.17, 15) is 0 Å². The molecule has 1 aromatic carbocycles. The highest BCUT2D eigenvalue weighted by Gasteiger charge is 2.15. The number of hydrogen-bond acceptors (Lipinski definition) is 1. The molecule has 0 radical (unpaired) electrons. The highest BCUT2D eigenvalue weighted by molar-refractivity contribution is 9.10. The average molecular weight is 319 g/mol. The van der Waals surface area contributed by atoms with E-state index in [4.69, 9.17) is 11.6 Å². The molecule has 0 saturated carbocycles. The van der Waals surface area contributed by atoms with E-state index in [1.165, 1.54) is 18.4 Å². The Labute approximate surface area is 118 Å². The van der Waals surface area contributed by atoms with Gasteiger partial charge in [0.05, 0.1) is 0 Å². The van der Waals surface area contributed by atoms with Gasteiger partial charge in [0.2, 0.25) is 0 Å². The monoisotopic (exact) mass is 317 g/mol. The minimum Gasteiger partial charge on any atom is -0.313 e. The molecule has 0 aromatic heterocycles. The molecule has 0 aliphatic carbocycles. The Morgan fingerprint density at radius 2 is 2.12 bits per heavy atom. The van der Waals surface area contributed by atoms with Crippen LogP contribution in [0, 0.1) is 5.92 Å². The lowest BCUT2D eigenvalue weighted by Crippen LogP contribution is -2.19. The highest BCUT2D eigenvalue weighted by Crippen LogP contribution is 2.30. The van der Waals surface area contributed by atoms with Crippen molar-refractivity contribution >= 4 is 27.5 Å². The quantitative estimate of drug-likeness (QED) is 0.761. The predicted molar refractivity (Wildman–Crippen MR) is 79.6 cm³/mol. The smallest absolute Gasteiger partial charge is 0.0417 e. The molecule has 0 amide bonds. The van der Waals surface area contributed by atoms with Crippen LogP contribution in [-0.4, -0.2) is 7.05 Å². The van der Waals surface area contributed by atoms with Gasteiger partial charge in [0.25, 0.3) is 0 Å². The van der Waals surface area contributed by atoms with Gasteiger partial charge in [-0.3, -0.25) is 0 Å². The van der Waals surface area contributed by atoms with Crippen molar-refractivity contribution in [3.8, 4) is 0 Å². The van der Waals surface area contributed by atoms with Gasteiger partial charge in [-0.05, 0) is 37.1 Å². The molecule has 0 bridgehead atoms. The summed E-state index contributed by atoms with van der Waals surface area (Å²) in [6, 6.07) is 6.41. The molecular formula is C14H21BrClN. The number of benzene rings is 1. The van der Waals surface area contributed by atoms with E-state index < -0.39 is 0 Å². The van der Waals surface area contributed by atoms with Crippen LogP contribution in [0.4, 0.5) is 0 Å². The third kappa shape index (κ3) is 4.61. The normalized spacial score (nSPS) is 14.6. The summed E-state index contributed by atoms with van der Waals surface area (Å²) in [5.74, 6) is 0.736. The van der Waals surface area contributed by atoms with Crippen LogP contribution >= 0.6 is 27.5 Å². The molecule has 1 aromatic rings. The summed E-state index contributed by atoms with van der Waals surface area (Å²) >= 11 is 9.56. The molecule has 3 heteroatoms. The summed E-state index contributed by atoms with van der Waals surface area (Å²) in [6.07, 6.45) is 3.69. The van der Waals surface area contributed by atoms with Crippen LogP contribution < -0.4 is 5.32 Å². The number of halogens is 2. The standard InChI is InChI=1S/C14H21BrClN/c1-4-5-10(2)8-14(17-3)12-7-6-11(16)9-13(12)15/h6-7,9-10,14,17H,4-5,8H2,1-3H3. The molecule has 1 nitrogen and oxygen atoms in total. The van der Waals surface area contributed by atoms with Crippen molar-refractivity contribution in [1.82, 2.24) is 5.32 Å². The maximum absolute atomic E-state index is 5.97. The Morgan fingerprint density at radius 1 is 1.41 bits per heavy atom. The maximum atomic E-state index is 5.97. The molecule has 2 atom stereocenters. The molecule has 0 spiro atoms. The van der Waals surface area contributed by atoms with Gasteiger partial charge in [0.15, 0.2) is 0 Å². The maximum Gasteiger partial charge on any atom is 0.0417 e. The highest BCUT2D eigenvalue weighted by atomic mass is 79.9. The van der Waals surface area contributed by atoms with E-state index in [0.29, 0.717) is 6.04 Å². The first-order chi connectivity index (χ1) is 8.08.